The number of fused-ring (bicyclic) bond motifs is 1. The predicted molar refractivity (Wildman–Crippen MR) is 76.4 cm³/mol. The van der Waals surface area contributed by atoms with Gasteiger partial charge in [0.15, 0.2) is 0 Å². The van der Waals surface area contributed by atoms with Gasteiger partial charge in [0.25, 0.3) is 0 Å². The van der Waals surface area contributed by atoms with E-state index in [-0.39, 0.29) is 24.6 Å². The average Bonchev–Trinajstić information content (AvgIpc) is 2.38. The minimum Gasteiger partial charge on any atom is -0.508 e. The Morgan fingerprint density at radius 3 is 2.68 bits per heavy atom. The number of aromatic hydroxyl groups is 1. The summed E-state index contributed by atoms with van der Waals surface area (Å²) in [7, 11) is 1.32. The molecule has 0 radical (unpaired) electrons. The molecule has 0 bridgehead atoms. The van der Waals surface area contributed by atoms with E-state index in [4.69, 9.17) is 5.73 Å². The number of esters is 1. The van der Waals surface area contributed by atoms with Crippen LogP contribution in [-0.2, 0) is 9.53 Å². The lowest BCUT2D eigenvalue weighted by molar-refractivity contribution is -0.141. The Balaban J connectivity index is 0.00000180. The number of phenolic OH excluding ortho intramolecular Hbond substituents is 1. The molecule has 19 heavy (non-hydrogen) atoms. The monoisotopic (exact) mass is 281 g/mol. The minimum absolute atomic E-state index is 0. The highest BCUT2D eigenvalue weighted by Crippen LogP contribution is 2.32. The molecule has 0 aliphatic heterocycles. The normalized spacial score (nSPS) is 11.7. The number of nitrogens with two attached hydrogens (primary N) is 1. The molecule has 0 aliphatic rings. The Morgan fingerprint density at radius 2 is 2.00 bits per heavy atom. The molecule has 2 aromatic carbocycles. The molecule has 0 saturated carbocycles. The standard InChI is InChI=1S/C14H15NO3.ClH/c1-18-13(17)8-11(15)14-10-5-3-2-4-9(10)6-7-12(14)16;/h2-7,11,16H,8,15H2,1H3;1H/t11-;/m0./s1. The van der Waals surface area contributed by atoms with Crippen LogP contribution in [0, 0.1) is 0 Å². The van der Waals surface area contributed by atoms with Crippen LogP contribution in [0.25, 0.3) is 10.8 Å². The number of methoxy groups -OCH3 is 1. The van der Waals surface area contributed by atoms with Gasteiger partial charge >= 0.3 is 5.97 Å². The number of benzene rings is 2. The maximum atomic E-state index is 11.3. The van der Waals surface area contributed by atoms with Crippen LogP contribution in [0.5, 0.6) is 5.75 Å². The van der Waals surface area contributed by atoms with E-state index in [2.05, 4.69) is 4.74 Å². The van der Waals surface area contributed by atoms with Crippen LogP contribution < -0.4 is 5.73 Å². The van der Waals surface area contributed by atoms with E-state index in [0.29, 0.717) is 5.56 Å². The fourth-order valence-corrected chi connectivity index (χ4v) is 2.04. The largest absolute Gasteiger partial charge is 0.508 e. The van der Waals surface area contributed by atoms with Crippen molar-refractivity contribution in [3.05, 3.63) is 42.0 Å². The highest BCUT2D eigenvalue weighted by Gasteiger charge is 2.18. The molecule has 4 nitrogen and oxygen atoms in total. The van der Waals surface area contributed by atoms with Crippen molar-refractivity contribution in [3.8, 4) is 5.75 Å². The molecule has 3 N–H and O–H groups in total. The molecule has 2 rings (SSSR count). The molecule has 5 heteroatoms. The molecule has 0 heterocycles. The topological polar surface area (TPSA) is 72.5 Å². The summed E-state index contributed by atoms with van der Waals surface area (Å²) in [6.07, 6.45) is 0.0397. The Morgan fingerprint density at radius 1 is 1.32 bits per heavy atom. The molecule has 0 unspecified atom stereocenters. The summed E-state index contributed by atoms with van der Waals surface area (Å²) in [5, 5.41) is 11.8. The predicted octanol–water partition coefficient (Wildman–Crippen LogP) is 2.53. The molecular weight excluding hydrogens is 266 g/mol. The Bertz CT molecular complexity index is 586. The first-order valence-corrected chi connectivity index (χ1v) is 5.66. The number of ether oxygens (including phenoxy) is 1. The number of phenols is 1. The highest BCUT2D eigenvalue weighted by atomic mass is 35.5. The second-order valence-corrected chi connectivity index (χ2v) is 4.11. The van der Waals surface area contributed by atoms with E-state index >= 15 is 0 Å². The van der Waals surface area contributed by atoms with Crippen molar-refractivity contribution in [2.75, 3.05) is 7.11 Å². The van der Waals surface area contributed by atoms with Gasteiger partial charge in [0.2, 0.25) is 0 Å². The quantitative estimate of drug-likeness (QED) is 0.848. The molecular formula is C14H16ClNO3. The zero-order chi connectivity index (χ0) is 13.1. The van der Waals surface area contributed by atoms with E-state index in [9.17, 15) is 9.90 Å². The maximum absolute atomic E-state index is 11.3. The summed E-state index contributed by atoms with van der Waals surface area (Å²) in [5.74, 6) is -0.292. The third-order valence-electron chi connectivity index (χ3n) is 2.93. The van der Waals surface area contributed by atoms with Gasteiger partial charge in [-0.2, -0.15) is 0 Å². The molecule has 0 fully saturated rings. The van der Waals surface area contributed by atoms with E-state index in [0.717, 1.165) is 10.8 Å². The lowest BCUT2D eigenvalue weighted by Gasteiger charge is -2.15. The molecule has 0 saturated heterocycles. The van der Waals surface area contributed by atoms with E-state index in [1.165, 1.54) is 7.11 Å². The first kappa shape index (κ1) is 15.3. The minimum atomic E-state index is -0.580. The van der Waals surface area contributed by atoms with Crippen LogP contribution in [0.2, 0.25) is 0 Å². The number of hydrogen-bond acceptors (Lipinski definition) is 4. The smallest absolute Gasteiger partial charge is 0.307 e. The Labute approximate surface area is 117 Å². The summed E-state index contributed by atoms with van der Waals surface area (Å²) < 4.78 is 4.59. The Hall–Kier alpha value is -1.78. The number of hydrogen-bond donors (Lipinski definition) is 2. The molecule has 0 aromatic heterocycles. The van der Waals surface area contributed by atoms with Crippen LogP contribution in [0.4, 0.5) is 0 Å². The summed E-state index contributed by atoms with van der Waals surface area (Å²) in [6.45, 7) is 0. The van der Waals surface area contributed by atoms with Gasteiger partial charge in [-0.25, -0.2) is 0 Å². The van der Waals surface area contributed by atoms with Gasteiger partial charge in [-0.3, -0.25) is 4.79 Å². The van der Waals surface area contributed by atoms with E-state index in [1.807, 2.05) is 30.3 Å². The lowest BCUT2D eigenvalue weighted by Crippen LogP contribution is -2.16. The van der Waals surface area contributed by atoms with Gasteiger partial charge in [-0.15, -0.1) is 12.4 Å². The molecule has 102 valence electrons. The van der Waals surface area contributed by atoms with Crippen LogP contribution >= 0.6 is 12.4 Å². The van der Waals surface area contributed by atoms with E-state index in [1.54, 1.807) is 6.07 Å². The van der Waals surface area contributed by atoms with E-state index < -0.39 is 12.0 Å². The third-order valence-corrected chi connectivity index (χ3v) is 2.93. The fourth-order valence-electron chi connectivity index (χ4n) is 2.04. The van der Waals surface area contributed by atoms with Crippen molar-refractivity contribution in [3.63, 3.8) is 0 Å². The molecule has 0 amide bonds. The van der Waals surface area contributed by atoms with Crippen LogP contribution in [0.3, 0.4) is 0 Å². The lowest BCUT2D eigenvalue weighted by atomic mass is 9.96. The zero-order valence-corrected chi connectivity index (χ0v) is 11.3. The zero-order valence-electron chi connectivity index (χ0n) is 10.5. The summed E-state index contributed by atoms with van der Waals surface area (Å²) in [5.41, 5.74) is 6.56. The van der Waals surface area contributed by atoms with Crippen molar-refractivity contribution >= 4 is 29.1 Å². The fraction of sp³-hybridized carbons (Fsp3) is 0.214. The van der Waals surface area contributed by atoms with Crippen molar-refractivity contribution in [1.82, 2.24) is 0 Å². The Kier molecular flexibility index (Phi) is 5.15. The van der Waals surface area contributed by atoms with Gasteiger partial charge in [0.05, 0.1) is 13.5 Å². The second kappa shape index (κ2) is 6.41. The molecule has 2 aromatic rings. The van der Waals surface area contributed by atoms with Crippen LogP contribution in [0.15, 0.2) is 36.4 Å². The van der Waals surface area contributed by atoms with Crippen molar-refractivity contribution < 1.29 is 14.6 Å². The molecule has 0 spiro atoms. The van der Waals surface area contributed by atoms with Crippen molar-refractivity contribution in [1.29, 1.82) is 0 Å². The maximum Gasteiger partial charge on any atom is 0.307 e. The first-order valence-electron chi connectivity index (χ1n) is 5.66. The summed E-state index contributed by atoms with van der Waals surface area (Å²) in [6, 6.07) is 10.4. The molecule has 1 atom stereocenters. The van der Waals surface area contributed by atoms with Crippen LogP contribution in [0.1, 0.15) is 18.0 Å². The number of carbonyl (C=O) groups excluding carboxylic acids is 1. The van der Waals surface area contributed by atoms with Crippen molar-refractivity contribution in [2.24, 2.45) is 5.73 Å². The highest BCUT2D eigenvalue weighted by molar-refractivity contribution is 5.88. The van der Waals surface area contributed by atoms with Crippen molar-refractivity contribution in [2.45, 2.75) is 12.5 Å². The third kappa shape index (κ3) is 3.16. The second-order valence-electron chi connectivity index (χ2n) is 4.11. The summed E-state index contributed by atoms with van der Waals surface area (Å²) >= 11 is 0. The van der Waals surface area contributed by atoms with Crippen LogP contribution in [-0.4, -0.2) is 18.2 Å². The van der Waals surface area contributed by atoms with Gasteiger partial charge in [0.1, 0.15) is 5.75 Å². The SMILES string of the molecule is COC(=O)C[C@H](N)c1c(O)ccc2ccccc12.Cl. The summed E-state index contributed by atoms with van der Waals surface area (Å²) in [4.78, 5) is 11.3. The number of carbonyl (C=O) groups is 1. The average molecular weight is 282 g/mol. The van der Waals surface area contributed by atoms with Gasteiger partial charge in [-0.1, -0.05) is 30.3 Å². The van der Waals surface area contributed by atoms with Gasteiger partial charge in [-0.05, 0) is 16.8 Å². The molecule has 0 aliphatic carbocycles. The van der Waals surface area contributed by atoms with Gasteiger partial charge < -0.3 is 15.6 Å². The van der Waals surface area contributed by atoms with Gasteiger partial charge in [0, 0.05) is 11.6 Å². The number of rotatable bonds is 3. The first-order chi connectivity index (χ1) is 8.63. The number of halogens is 1.